The van der Waals surface area contributed by atoms with Crippen molar-refractivity contribution in [2.24, 2.45) is 22.7 Å². The van der Waals surface area contributed by atoms with Gasteiger partial charge in [0.1, 0.15) is 12.2 Å². The zero-order valence-corrected chi connectivity index (χ0v) is 12.2. The Morgan fingerprint density at radius 2 is 2.38 bits per heavy atom. The van der Waals surface area contributed by atoms with Gasteiger partial charge in [0.05, 0.1) is 18.1 Å². The fourth-order valence-electron chi connectivity index (χ4n) is 3.87. The number of hydrogen-bond donors (Lipinski definition) is 1. The standard InChI is InChI=1S/C15H19NO5/c1-3-14(2,7-17)12(18)20-10-8-4-9-11(10)21-13(19)15(9,5-8)6-16/h8-11,17H,3-5,7H2,1-2H3. The largest absolute Gasteiger partial charge is 0.458 e. The molecule has 0 aromatic rings. The molecule has 2 saturated carbocycles. The summed E-state index contributed by atoms with van der Waals surface area (Å²) in [5.74, 6) is -1.10. The Labute approximate surface area is 123 Å². The lowest BCUT2D eigenvalue weighted by Gasteiger charge is -2.31. The highest BCUT2D eigenvalue weighted by Crippen LogP contribution is 2.62. The lowest BCUT2D eigenvalue weighted by atomic mass is 9.74. The van der Waals surface area contributed by atoms with Gasteiger partial charge in [-0.1, -0.05) is 6.92 Å². The predicted molar refractivity (Wildman–Crippen MR) is 69.5 cm³/mol. The van der Waals surface area contributed by atoms with Crippen molar-refractivity contribution in [3.63, 3.8) is 0 Å². The number of aliphatic hydroxyl groups is 1. The maximum Gasteiger partial charge on any atom is 0.327 e. The highest BCUT2D eigenvalue weighted by atomic mass is 16.6. The summed E-state index contributed by atoms with van der Waals surface area (Å²) < 4.78 is 10.9. The van der Waals surface area contributed by atoms with Gasteiger partial charge in [0.2, 0.25) is 0 Å². The van der Waals surface area contributed by atoms with E-state index in [1.165, 1.54) is 0 Å². The summed E-state index contributed by atoms with van der Waals surface area (Å²) in [4.78, 5) is 24.2. The summed E-state index contributed by atoms with van der Waals surface area (Å²) in [7, 11) is 0. The second-order valence-electron chi connectivity index (χ2n) is 6.70. The molecule has 1 N–H and O–H groups in total. The third-order valence-electron chi connectivity index (χ3n) is 5.63. The van der Waals surface area contributed by atoms with Crippen LogP contribution >= 0.6 is 0 Å². The van der Waals surface area contributed by atoms with Crippen LogP contribution in [0.2, 0.25) is 0 Å². The van der Waals surface area contributed by atoms with Gasteiger partial charge in [0.15, 0.2) is 5.41 Å². The average molecular weight is 293 g/mol. The van der Waals surface area contributed by atoms with E-state index in [4.69, 9.17) is 9.47 Å². The highest BCUT2D eigenvalue weighted by Gasteiger charge is 2.72. The number of ether oxygens (including phenoxy) is 2. The fourth-order valence-corrected chi connectivity index (χ4v) is 3.87. The zero-order valence-electron chi connectivity index (χ0n) is 12.2. The summed E-state index contributed by atoms with van der Waals surface area (Å²) in [6.45, 7) is 3.19. The van der Waals surface area contributed by atoms with Crippen molar-refractivity contribution in [1.82, 2.24) is 0 Å². The van der Waals surface area contributed by atoms with Crippen LogP contribution in [0.3, 0.4) is 0 Å². The topological polar surface area (TPSA) is 96.6 Å². The summed E-state index contributed by atoms with van der Waals surface area (Å²) in [5, 5.41) is 18.7. The molecule has 0 amide bonds. The number of hydrogen-bond acceptors (Lipinski definition) is 6. The third kappa shape index (κ3) is 1.67. The summed E-state index contributed by atoms with van der Waals surface area (Å²) >= 11 is 0. The lowest BCUT2D eigenvalue weighted by Crippen LogP contribution is -2.43. The Hall–Kier alpha value is -1.61. The molecule has 6 atom stereocenters. The van der Waals surface area contributed by atoms with Gasteiger partial charge in [0.25, 0.3) is 0 Å². The zero-order chi connectivity index (χ0) is 15.4. The van der Waals surface area contributed by atoms with Crippen LogP contribution in [0.15, 0.2) is 0 Å². The SMILES string of the molecule is CCC(C)(CO)C(=O)OC1C2CC3C1OC(=O)C3(C#N)C2. The number of carbonyl (C=O) groups is 2. The molecule has 2 bridgehead atoms. The van der Waals surface area contributed by atoms with Gasteiger partial charge in [-0.3, -0.25) is 9.59 Å². The molecule has 114 valence electrons. The number of esters is 2. The first-order chi connectivity index (χ1) is 9.91. The minimum absolute atomic E-state index is 0.00477. The molecule has 0 radical (unpaired) electrons. The van der Waals surface area contributed by atoms with Crippen LogP contribution in [0.1, 0.15) is 33.1 Å². The van der Waals surface area contributed by atoms with E-state index in [-0.39, 0.29) is 18.4 Å². The molecule has 0 spiro atoms. The van der Waals surface area contributed by atoms with Crippen molar-refractivity contribution in [2.75, 3.05) is 6.61 Å². The monoisotopic (exact) mass is 293 g/mol. The number of aliphatic hydroxyl groups excluding tert-OH is 1. The van der Waals surface area contributed by atoms with E-state index in [0.717, 1.165) is 0 Å². The smallest absolute Gasteiger partial charge is 0.327 e. The molecule has 3 fully saturated rings. The molecule has 1 saturated heterocycles. The first-order valence-electron chi connectivity index (χ1n) is 7.36. The molecule has 0 aromatic carbocycles. The number of nitriles is 1. The number of fused-ring (bicyclic) bond motifs is 1. The molecule has 0 aromatic heterocycles. The summed E-state index contributed by atoms with van der Waals surface area (Å²) in [6, 6.07) is 2.12. The van der Waals surface area contributed by atoms with E-state index >= 15 is 0 Å². The van der Waals surface area contributed by atoms with Crippen molar-refractivity contribution < 1.29 is 24.2 Å². The van der Waals surface area contributed by atoms with Crippen LogP contribution in [0.5, 0.6) is 0 Å². The Morgan fingerprint density at radius 1 is 1.67 bits per heavy atom. The molecule has 6 heteroatoms. The maximum atomic E-state index is 12.3. The Bertz CT molecular complexity index is 535. The molecule has 3 aliphatic rings. The number of rotatable bonds is 4. The van der Waals surface area contributed by atoms with E-state index in [1.807, 2.05) is 6.92 Å². The van der Waals surface area contributed by atoms with Gasteiger partial charge >= 0.3 is 11.9 Å². The molecule has 6 nitrogen and oxygen atoms in total. The van der Waals surface area contributed by atoms with Crippen LogP contribution in [0.4, 0.5) is 0 Å². The van der Waals surface area contributed by atoms with Crippen molar-refractivity contribution in [1.29, 1.82) is 5.26 Å². The van der Waals surface area contributed by atoms with Crippen molar-refractivity contribution in [3.05, 3.63) is 0 Å². The molecular formula is C15H19NO5. The van der Waals surface area contributed by atoms with E-state index in [9.17, 15) is 20.0 Å². The second-order valence-corrected chi connectivity index (χ2v) is 6.70. The first-order valence-corrected chi connectivity index (χ1v) is 7.36. The first kappa shape index (κ1) is 14.3. The Kier molecular flexibility index (Phi) is 3.03. The van der Waals surface area contributed by atoms with Crippen molar-refractivity contribution >= 4 is 11.9 Å². The summed E-state index contributed by atoms with van der Waals surface area (Å²) in [5.41, 5.74) is -1.96. The molecule has 21 heavy (non-hydrogen) atoms. The minimum atomic E-state index is -1.02. The molecule has 2 aliphatic carbocycles. The quantitative estimate of drug-likeness (QED) is 0.769. The van der Waals surface area contributed by atoms with E-state index < -0.39 is 35.0 Å². The van der Waals surface area contributed by atoms with Gasteiger partial charge in [-0.2, -0.15) is 5.26 Å². The minimum Gasteiger partial charge on any atom is -0.458 e. The van der Waals surface area contributed by atoms with Gasteiger partial charge < -0.3 is 14.6 Å². The van der Waals surface area contributed by atoms with Gasteiger partial charge in [0, 0.05) is 11.8 Å². The molecule has 6 unspecified atom stereocenters. The van der Waals surface area contributed by atoms with Crippen LogP contribution in [-0.2, 0) is 19.1 Å². The van der Waals surface area contributed by atoms with Crippen LogP contribution in [0.25, 0.3) is 0 Å². The maximum absolute atomic E-state index is 12.3. The fraction of sp³-hybridized carbons (Fsp3) is 0.800. The summed E-state index contributed by atoms with van der Waals surface area (Å²) in [6.07, 6.45) is 0.579. The van der Waals surface area contributed by atoms with Crippen LogP contribution in [-0.4, -0.2) is 35.9 Å². The van der Waals surface area contributed by atoms with E-state index in [0.29, 0.717) is 19.3 Å². The number of nitrogens with zero attached hydrogens (tertiary/aromatic N) is 1. The average Bonchev–Trinajstić information content (AvgIpc) is 3.08. The molecule has 1 aliphatic heterocycles. The van der Waals surface area contributed by atoms with Crippen LogP contribution < -0.4 is 0 Å². The second kappa shape index (κ2) is 4.44. The van der Waals surface area contributed by atoms with Gasteiger partial charge in [-0.15, -0.1) is 0 Å². The van der Waals surface area contributed by atoms with Crippen molar-refractivity contribution in [2.45, 2.75) is 45.3 Å². The highest BCUT2D eigenvalue weighted by molar-refractivity contribution is 5.84. The molecular weight excluding hydrogens is 274 g/mol. The van der Waals surface area contributed by atoms with Crippen molar-refractivity contribution in [3.8, 4) is 6.07 Å². The molecule has 1 heterocycles. The van der Waals surface area contributed by atoms with Gasteiger partial charge in [-0.25, -0.2) is 0 Å². The third-order valence-corrected chi connectivity index (χ3v) is 5.63. The Morgan fingerprint density at radius 3 is 2.95 bits per heavy atom. The normalized spacial score (nSPS) is 42.3. The van der Waals surface area contributed by atoms with E-state index in [2.05, 4.69) is 6.07 Å². The van der Waals surface area contributed by atoms with Gasteiger partial charge in [-0.05, 0) is 26.2 Å². The lowest BCUT2D eigenvalue weighted by molar-refractivity contribution is -0.173. The van der Waals surface area contributed by atoms with E-state index in [1.54, 1.807) is 6.92 Å². The molecule has 3 rings (SSSR count). The van der Waals surface area contributed by atoms with Crippen LogP contribution in [0, 0.1) is 34.0 Å². The number of carbonyl (C=O) groups excluding carboxylic acids is 2. The Balaban J connectivity index is 1.79. The predicted octanol–water partition coefficient (Wildman–Crippen LogP) is 0.782.